The van der Waals surface area contributed by atoms with Crippen LogP contribution in [0.3, 0.4) is 0 Å². The third kappa shape index (κ3) is 5.97. The van der Waals surface area contributed by atoms with Crippen molar-refractivity contribution in [2.45, 2.75) is 64.1 Å². The molecule has 28 heavy (non-hydrogen) atoms. The van der Waals surface area contributed by atoms with E-state index in [9.17, 15) is 14.4 Å². The average molecular weight is 390 g/mol. The molecule has 0 heterocycles. The van der Waals surface area contributed by atoms with Crippen LogP contribution in [-0.2, 0) is 31.9 Å². The normalized spacial score (nSPS) is 14.8. The summed E-state index contributed by atoms with van der Waals surface area (Å²) in [6.45, 7) is 5.25. The minimum absolute atomic E-state index is 0.0194. The number of nitrogens with zero attached hydrogens (tertiary/aromatic N) is 1. The summed E-state index contributed by atoms with van der Waals surface area (Å²) in [5, 5.41) is 2.62. The van der Waals surface area contributed by atoms with Gasteiger partial charge in [0.05, 0.1) is 7.11 Å². The third-order valence-electron chi connectivity index (χ3n) is 4.78. The molecule has 1 aliphatic rings. The molecule has 2 amide bonds. The van der Waals surface area contributed by atoms with Gasteiger partial charge in [-0.1, -0.05) is 24.3 Å². The maximum Gasteiger partial charge on any atom is 0.408 e. The zero-order chi connectivity index (χ0) is 20.9. The van der Waals surface area contributed by atoms with E-state index in [2.05, 4.69) is 22.2 Å². The van der Waals surface area contributed by atoms with Gasteiger partial charge >= 0.3 is 12.1 Å². The number of hydrogen-bond donors (Lipinski definition) is 1. The highest BCUT2D eigenvalue weighted by atomic mass is 16.6. The van der Waals surface area contributed by atoms with Crippen molar-refractivity contribution in [1.29, 1.82) is 0 Å². The molecule has 1 aliphatic carbocycles. The Morgan fingerprint density at radius 2 is 1.75 bits per heavy atom. The second-order valence-corrected chi connectivity index (χ2v) is 8.09. The Labute approximate surface area is 166 Å². The van der Waals surface area contributed by atoms with Crippen LogP contribution in [-0.4, -0.2) is 54.7 Å². The number of carbonyl (C=O) groups is 3. The van der Waals surface area contributed by atoms with Gasteiger partial charge in [-0.15, -0.1) is 0 Å². The SMILES string of the molecule is COC(=O)CCC(NC(=O)OC(C)(C)C)C(=O)N(C)C1Cc2ccccc2C1. The van der Waals surface area contributed by atoms with Crippen LogP contribution in [0.25, 0.3) is 0 Å². The molecule has 1 aromatic carbocycles. The molecule has 0 radical (unpaired) electrons. The lowest BCUT2D eigenvalue weighted by atomic mass is 10.1. The van der Waals surface area contributed by atoms with Crippen LogP contribution in [0.2, 0.25) is 0 Å². The van der Waals surface area contributed by atoms with Crippen molar-refractivity contribution < 1.29 is 23.9 Å². The van der Waals surface area contributed by atoms with Crippen LogP contribution in [0, 0.1) is 0 Å². The summed E-state index contributed by atoms with van der Waals surface area (Å²) in [7, 11) is 3.03. The van der Waals surface area contributed by atoms with Crippen molar-refractivity contribution in [2.24, 2.45) is 0 Å². The number of rotatable bonds is 6. The highest BCUT2D eigenvalue weighted by molar-refractivity contribution is 5.86. The van der Waals surface area contributed by atoms with Crippen molar-refractivity contribution in [3.8, 4) is 0 Å². The Morgan fingerprint density at radius 3 is 2.25 bits per heavy atom. The number of hydrogen-bond acceptors (Lipinski definition) is 5. The van der Waals surface area contributed by atoms with E-state index >= 15 is 0 Å². The highest BCUT2D eigenvalue weighted by Crippen LogP contribution is 2.25. The van der Waals surface area contributed by atoms with Gasteiger partial charge in [0.1, 0.15) is 11.6 Å². The minimum Gasteiger partial charge on any atom is -0.469 e. The number of fused-ring (bicyclic) bond motifs is 1. The molecule has 7 heteroatoms. The van der Waals surface area contributed by atoms with Crippen LogP contribution in [0.5, 0.6) is 0 Å². The number of likely N-dealkylation sites (N-methyl/N-ethyl adjacent to an activating group) is 1. The van der Waals surface area contributed by atoms with Gasteiger partial charge in [0.15, 0.2) is 0 Å². The molecule has 0 spiro atoms. The van der Waals surface area contributed by atoms with Crippen molar-refractivity contribution in [1.82, 2.24) is 10.2 Å². The Bertz CT molecular complexity index is 701. The number of carbonyl (C=O) groups excluding carboxylic acids is 3. The van der Waals surface area contributed by atoms with E-state index in [0.717, 1.165) is 12.8 Å². The monoisotopic (exact) mass is 390 g/mol. The number of ether oxygens (including phenoxy) is 2. The quantitative estimate of drug-likeness (QED) is 0.754. The lowest BCUT2D eigenvalue weighted by molar-refractivity contribution is -0.141. The van der Waals surface area contributed by atoms with Gasteiger partial charge in [0.25, 0.3) is 0 Å². The number of nitrogens with one attached hydrogen (secondary N) is 1. The summed E-state index contributed by atoms with van der Waals surface area (Å²) in [6.07, 6.45) is 1.04. The summed E-state index contributed by atoms with van der Waals surface area (Å²) >= 11 is 0. The first-order valence-corrected chi connectivity index (χ1v) is 9.50. The Balaban J connectivity index is 2.06. The average Bonchev–Trinajstić information content (AvgIpc) is 3.06. The fourth-order valence-electron chi connectivity index (χ4n) is 3.31. The van der Waals surface area contributed by atoms with Gasteiger partial charge in [-0.3, -0.25) is 9.59 Å². The first-order valence-electron chi connectivity index (χ1n) is 9.50. The van der Waals surface area contributed by atoms with Gasteiger partial charge in [0, 0.05) is 19.5 Å². The number of benzene rings is 1. The molecule has 7 nitrogen and oxygen atoms in total. The smallest absolute Gasteiger partial charge is 0.408 e. The van der Waals surface area contributed by atoms with E-state index in [1.807, 2.05) is 12.1 Å². The lowest BCUT2D eigenvalue weighted by Gasteiger charge is -2.30. The molecule has 0 aromatic heterocycles. The first-order chi connectivity index (χ1) is 13.1. The molecular formula is C21H30N2O5. The van der Waals surface area contributed by atoms with E-state index < -0.39 is 23.7 Å². The van der Waals surface area contributed by atoms with Gasteiger partial charge < -0.3 is 19.7 Å². The Hall–Kier alpha value is -2.57. The number of alkyl carbamates (subject to hydrolysis) is 1. The van der Waals surface area contributed by atoms with Gasteiger partial charge in [-0.2, -0.15) is 0 Å². The fraction of sp³-hybridized carbons (Fsp3) is 0.571. The Morgan fingerprint density at radius 1 is 1.18 bits per heavy atom. The van der Waals surface area contributed by atoms with E-state index in [4.69, 9.17) is 4.74 Å². The van der Waals surface area contributed by atoms with Gasteiger partial charge in [-0.05, 0) is 51.2 Å². The summed E-state index contributed by atoms with van der Waals surface area (Å²) in [5.74, 6) is -0.674. The molecule has 0 aliphatic heterocycles. The largest absolute Gasteiger partial charge is 0.469 e. The molecule has 1 unspecified atom stereocenters. The maximum atomic E-state index is 13.1. The van der Waals surface area contributed by atoms with Gasteiger partial charge in [0.2, 0.25) is 5.91 Å². The van der Waals surface area contributed by atoms with Gasteiger partial charge in [-0.25, -0.2) is 4.79 Å². The predicted octanol–water partition coefficient (Wildman–Crippen LogP) is 2.46. The second-order valence-electron chi connectivity index (χ2n) is 8.09. The van der Waals surface area contributed by atoms with E-state index in [1.54, 1.807) is 32.7 Å². The van der Waals surface area contributed by atoms with E-state index in [0.29, 0.717) is 0 Å². The van der Waals surface area contributed by atoms with Crippen LogP contribution in [0.15, 0.2) is 24.3 Å². The van der Waals surface area contributed by atoms with Crippen LogP contribution in [0.4, 0.5) is 4.79 Å². The minimum atomic E-state index is -0.859. The fourth-order valence-corrected chi connectivity index (χ4v) is 3.31. The second kappa shape index (κ2) is 9.08. The first kappa shape index (κ1) is 21.7. The summed E-state index contributed by atoms with van der Waals surface area (Å²) < 4.78 is 9.93. The van der Waals surface area contributed by atoms with Crippen molar-refractivity contribution in [2.75, 3.05) is 14.2 Å². The number of esters is 1. The van der Waals surface area contributed by atoms with E-state index in [1.165, 1.54) is 18.2 Å². The third-order valence-corrected chi connectivity index (χ3v) is 4.78. The lowest BCUT2D eigenvalue weighted by Crippen LogP contribution is -2.51. The summed E-state index contributed by atoms with van der Waals surface area (Å²) in [4.78, 5) is 38.5. The number of methoxy groups -OCH3 is 1. The van der Waals surface area contributed by atoms with Crippen molar-refractivity contribution in [3.63, 3.8) is 0 Å². The molecule has 0 saturated heterocycles. The summed E-state index contributed by atoms with van der Waals surface area (Å²) in [6, 6.07) is 7.29. The van der Waals surface area contributed by atoms with Crippen molar-refractivity contribution in [3.05, 3.63) is 35.4 Å². The summed E-state index contributed by atoms with van der Waals surface area (Å²) in [5.41, 5.74) is 1.79. The zero-order valence-electron chi connectivity index (χ0n) is 17.3. The molecule has 154 valence electrons. The topological polar surface area (TPSA) is 84.9 Å². The standard InChI is InChI=1S/C21H30N2O5/c1-21(2,3)28-20(26)22-17(10-11-18(24)27-5)19(25)23(4)16-12-14-8-6-7-9-15(14)13-16/h6-9,16-17H,10-13H2,1-5H3,(H,22,26). The van der Waals surface area contributed by atoms with Crippen molar-refractivity contribution >= 4 is 18.0 Å². The molecule has 0 fully saturated rings. The molecule has 2 rings (SSSR count). The van der Waals surface area contributed by atoms with Crippen LogP contribution < -0.4 is 5.32 Å². The van der Waals surface area contributed by atoms with E-state index in [-0.39, 0.29) is 24.8 Å². The molecule has 0 saturated carbocycles. The molecule has 1 atom stereocenters. The number of amides is 2. The highest BCUT2D eigenvalue weighted by Gasteiger charge is 2.33. The maximum absolute atomic E-state index is 13.1. The molecule has 0 bridgehead atoms. The van der Waals surface area contributed by atoms with Crippen LogP contribution >= 0.6 is 0 Å². The zero-order valence-corrected chi connectivity index (χ0v) is 17.3. The molecular weight excluding hydrogens is 360 g/mol. The molecule has 1 N–H and O–H groups in total. The molecule has 1 aromatic rings. The predicted molar refractivity (Wildman–Crippen MR) is 105 cm³/mol. The Kier molecular flexibility index (Phi) is 7.05. The van der Waals surface area contributed by atoms with Crippen LogP contribution in [0.1, 0.15) is 44.7 Å².